The molecule has 0 unspecified atom stereocenters. The van der Waals surface area contributed by atoms with E-state index < -0.39 is 0 Å². The average molecular weight is 282 g/mol. The van der Waals surface area contributed by atoms with Gasteiger partial charge >= 0.3 is 11.9 Å². The molecule has 0 aliphatic carbocycles. The summed E-state index contributed by atoms with van der Waals surface area (Å²) in [6.07, 6.45) is 0. The Balaban J connectivity index is 2.26. The van der Waals surface area contributed by atoms with Crippen molar-refractivity contribution in [3.8, 4) is 9.75 Å². The van der Waals surface area contributed by atoms with Crippen molar-refractivity contribution in [3.05, 3.63) is 34.0 Å². The summed E-state index contributed by atoms with van der Waals surface area (Å²) in [6, 6.07) is 3.51. The maximum absolute atomic E-state index is 11.3. The van der Waals surface area contributed by atoms with Gasteiger partial charge in [0.25, 0.3) is 0 Å². The number of hydrogen-bond acceptors (Lipinski definition) is 6. The Hall–Kier alpha value is -1.66. The van der Waals surface area contributed by atoms with Crippen LogP contribution in [0.25, 0.3) is 9.75 Å². The van der Waals surface area contributed by atoms with Crippen LogP contribution < -0.4 is 0 Å². The predicted molar refractivity (Wildman–Crippen MR) is 70.3 cm³/mol. The summed E-state index contributed by atoms with van der Waals surface area (Å²) in [4.78, 5) is 24.5. The Morgan fingerprint density at radius 3 is 1.61 bits per heavy atom. The number of carbonyl (C=O) groups excluding carboxylic acids is 2. The highest BCUT2D eigenvalue weighted by molar-refractivity contribution is 7.20. The lowest BCUT2D eigenvalue weighted by Gasteiger charge is -1.93. The van der Waals surface area contributed by atoms with Crippen LogP contribution in [0.2, 0.25) is 0 Å². The molecule has 2 heterocycles. The van der Waals surface area contributed by atoms with E-state index in [1.54, 1.807) is 22.9 Å². The van der Waals surface area contributed by atoms with Crippen LogP contribution in [0.15, 0.2) is 22.9 Å². The van der Waals surface area contributed by atoms with Crippen molar-refractivity contribution in [1.82, 2.24) is 0 Å². The molecule has 0 aliphatic heterocycles. The summed E-state index contributed by atoms with van der Waals surface area (Å²) in [5.74, 6) is -0.718. The van der Waals surface area contributed by atoms with E-state index in [1.807, 2.05) is 0 Å². The van der Waals surface area contributed by atoms with Gasteiger partial charge in [-0.05, 0) is 12.1 Å². The number of thiophene rings is 2. The van der Waals surface area contributed by atoms with E-state index in [2.05, 4.69) is 9.47 Å². The third-order valence-corrected chi connectivity index (χ3v) is 4.34. The Labute approximate surface area is 112 Å². The molecule has 2 aromatic heterocycles. The fraction of sp³-hybridized carbons (Fsp3) is 0.167. The molecular formula is C12H10O4S2. The zero-order valence-corrected chi connectivity index (χ0v) is 11.4. The van der Waals surface area contributed by atoms with Gasteiger partial charge in [-0.25, -0.2) is 9.59 Å². The van der Waals surface area contributed by atoms with E-state index in [9.17, 15) is 9.59 Å². The first kappa shape index (κ1) is 12.8. The number of carbonyl (C=O) groups is 2. The second kappa shape index (κ2) is 5.32. The molecule has 18 heavy (non-hydrogen) atoms. The number of esters is 2. The molecule has 0 aliphatic rings. The molecule has 6 heteroatoms. The van der Waals surface area contributed by atoms with E-state index in [4.69, 9.17) is 0 Å². The first-order chi connectivity index (χ1) is 8.65. The van der Waals surface area contributed by atoms with E-state index in [1.165, 1.54) is 36.9 Å². The van der Waals surface area contributed by atoms with Crippen molar-refractivity contribution in [2.45, 2.75) is 0 Å². The summed E-state index contributed by atoms with van der Waals surface area (Å²) in [5.41, 5.74) is 1.04. The van der Waals surface area contributed by atoms with Gasteiger partial charge in [0, 0.05) is 20.5 Å². The van der Waals surface area contributed by atoms with Crippen LogP contribution in [-0.4, -0.2) is 26.2 Å². The van der Waals surface area contributed by atoms with Crippen LogP contribution in [-0.2, 0) is 9.47 Å². The predicted octanol–water partition coefficient (Wildman–Crippen LogP) is 3.05. The molecule has 0 atom stereocenters. The summed E-state index contributed by atoms with van der Waals surface area (Å²) in [6.45, 7) is 0. The summed E-state index contributed by atoms with van der Waals surface area (Å²) in [7, 11) is 2.69. The molecule has 0 saturated heterocycles. The van der Waals surface area contributed by atoms with Crippen LogP contribution in [0.4, 0.5) is 0 Å². The van der Waals surface area contributed by atoms with Crippen molar-refractivity contribution in [3.63, 3.8) is 0 Å². The largest absolute Gasteiger partial charge is 0.465 e. The minimum Gasteiger partial charge on any atom is -0.465 e. The standard InChI is InChI=1S/C12H10O4S2/c1-15-11(13)7-3-9(17-5-7)10-4-8(6-18-10)12(14)16-2/h3-6H,1-2H3. The number of rotatable bonds is 3. The molecular weight excluding hydrogens is 272 g/mol. The van der Waals surface area contributed by atoms with Crippen molar-refractivity contribution < 1.29 is 19.1 Å². The van der Waals surface area contributed by atoms with Crippen molar-refractivity contribution in [1.29, 1.82) is 0 Å². The first-order valence-electron chi connectivity index (χ1n) is 4.99. The smallest absolute Gasteiger partial charge is 0.338 e. The fourth-order valence-corrected chi connectivity index (χ4v) is 3.25. The van der Waals surface area contributed by atoms with Crippen LogP contribution in [0.5, 0.6) is 0 Å². The molecule has 0 fully saturated rings. The minimum atomic E-state index is -0.359. The lowest BCUT2D eigenvalue weighted by molar-refractivity contribution is 0.0592. The highest BCUT2D eigenvalue weighted by Crippen LogP contribution is 2.32. The normalized spacial score (nSPS) is 10.1. The molecule has 0 spiro atoms. The maximum atomic E-state index is 11.3. The lowest BCUT2D eigenvalue weighted by Crippen LogP contribution is -1.98. The Morgan fingerprint density at radius 1 is 0.889 bits per heavy atom. The molecule has 2 rings (SSSR count). The van der Waals surface area contributed by atoms with E-state index in [0.717, 1.165) is 9.75 Å². The number of ether oxygens (including phenoxy) is 2. The molecule has 0 aromatic carbocycles. The van der Waals surface area contributed by atoms with Gasteiger partial charge in [-0.1, -0.05) is 0 Å². The second-order valence-electron chi connectivity index (χ2n) is 3.38. The average Bonchev–Trinajstić information content (AvgIpc) is 3.04. The van der Waals surface area contributed by atoms with Crippen LogP contribution in [0.3, 0.4) is 0 Å². The SMILES string of the molecule is COC(=O)c1csc(-c2cc(C(=O)OC)cs2)c1. The molecule has 0 N–H and O–H groups in total. The second-order valence-corrected chi connectivity index (χ2v) is 5.20. The summed E-state index contributed by atoms with van der Waals surface area (Å²) < 4.78 is 9.29. The Morgan fingerprint density at radius 2 is 1.28 bits per heavy atom. The van der Waals surface area contributed by atoms with Gasteiger partial charge in [0.2, 0.25) is 0 Å². The van der Waals surface area contributed by atoms with Gasteiger partial charge in [0.15, 0.2) is 0 Å². The first-order valence-corrected chi connectivity index (χ1v) is 6.75. The molecule has 94 valence electrons. The highest BCUT2D eigenvalue weighted by atomic mass is 32.1. The highest BCUT2D eigenvalue weighted by Gasteiger charge is 2.13. The summed E-state index contributed by atoms with van der Waals surface area (Å²) >= 11 is 2.87. The fourth-order valence-electron chi connectivity index (χ4n) is 1.38. The molecule has 0 amide bonds. The molecule has 2 aromatic rings. The van der Waals surface area contributed by atoms with Gasteiger partial charge in [-0.2, -0.15) is 0 Å². The Kier molecular flexibility index (Phi) is 3.78. The lowest BCUT2D eigenvalue weighted by atomic mass is 10.2. The molecule has 0 radical (unpaired) electrons. The van der Waals surface area contributed by atoms with Crippen molar-refractivity contribution >= 4 is 34.6 Å². The third-order valence-electron chi connectivity index (χ3n) is 2.28. The summed E-state index contributed by atoms with van der Waals surface area (Å²) in [5, 5.41) is 3.47. The number of methoxy groups -OCH3 is 2. The van der Waals surface area contributed by atoms with Crippen molar-refractivity contribution in [2.75, 3.05) is 14.2 Å². The van der Waals surface area contributed by atoms with Gasteiger partial charge in [0.05, 0.1) is 25.3 Å². The van der Waals surface area contributed by atoms with Gasteiger partial charge < -0.3 is 9.47 Å². The topological polar surface area (TPSA) is 52.6 Å². The minimum absolute atomic E-state index is 0.359. The number of hydrogen-bond donors (Lipinski definition) is 0. The zero-order chi connectivity index (χ0) is 13.1. The van der Waals surface area contributed by atoms with Crippen molar-refractivity contribution in [2.24, 2.45) is 0 Å². The van der Waals surface area contributed by atoms with Gasteiger partial charge in [0.1, 0.15) is 0 Å². The van der Waals surface area contributed by atoms with Gasteiger partial charge in [-0.3, -0.25) is 0 Å². The molecule has 0 bridgehead atoms. The van der Waals surface area contributed by atoms with E-state index in [0.29, 0.717) is 11.1 Å². The monoisotopic (exact) mass is 282 g/mol. The Bertz CT molecular complexity index is 530. The molecule has 0 saturated carbocycles. The zero-order valence-electron chi connectivity index (χ0n) is 9.76. The van der Waals surface area contributed by atoms with Crippen LogP contribution >= 0.6 is 22.7 Å². The van der Waals surface area contributed by atoms with E-state index >= 15 is 0 Å². The van der Waals surface area contributed by atoms with E-state index in [-0.39, 0.29) is 11.9 Å². The third kappa shape index (κ3) is 2.44. The quantitative estimate of drug-likeness (QED) is 0.812. The van der Waals surface area contributed by atoms with Crippen LogP contribution in [0, 0.1) is 0 Å². The van der Waals surface area contributed by atoms with Crippen LogP contribution in [0.1, 0.15) is 20.7 Å². The van der Waals surface area contributed by atoms with Gasteiger partial charge in [-0.15, -0.1) is 22.7 Å². The molecule has 4 nitrogen and oxygen atoms in total. The maximum Gasteiger partial charge on any atom is 0.338 e.